The highest BCUT2D eigenvalue weighted by Crippen LogP contribution is 2.41. The molecule has 2 atom stereocenters. The molecule has 1 spiro atoms. The third kappa shape index (κ3) is 3.39. The van der Waals surface area contributed by atoms with Crippen molar-refractivity contribution in [2.24, 2.45) is 5.92 Å². The molecule has 1 aromatic carbocycles. The first-order valence-corrected chi connectivity index (χ1v) is 11.1. The zero-order valence-electron chi connectivity index (χ0n) is 18.0. The second-order valence-electron chi connectivity index (χ2n) is 9.04. The first kappa shape index (κ1) is 20.5. The number of aryl methyl sites for hydroxylation is 1. The van der Waals surface area contributed by atoms with Gasteiger partial charge in [-0.1, -0.05) is 30.3 Å². The molecule has 0 bridgehead atoms. The number of carbonyl (C=O) groups is 3. The number of amides is 4. The minimum atomic E-state index is -1.07. The molecule has 2 heterocycles. The lowest BCUT2D eigenvalue weighted by molar-refractivity contribution is -0.141. The van der Waals surface area contributed by atoms with Gasteiger partial charge in [0.15, 0.2) is 0 Å². The fourth-order valence-electron chi connectivity index (χ4n) is 4.99. The van der Waals surface area contributed by atoms with Gasteiger partial charge >= 0.3 is 6.03 Å². The molecular formula is C24H26N4O4. The second kappa shape index (κ2) is 7.62. The molecule has 2 aliphatic carbocycles. The first-order chi connectivity index (χ1) is 15.4. The smallest absolute Gasteiger partial charge is 0.325 e. The van der Waals surface area contributed by atoms with Crippen LogP contribution >= 0.6 is 0 Å². The molecule has 5 rings (SSSR count). The van der Waals surface area contributed by atoms with Gasteiger partial charge < -0.3 is 15.2 Å². The van der Waals surface area contributed by atoms with Gasteiger partial charge in [-0.25, -0.2) is 4.79 Å². The summed E-state index contributed by atoms with van der Waals surface area (Å²) in [4.78, 5) is 56.4. The van der Waals surface area contributed by atoms with Crippen molar-refractivity contribution < 1.29 is 14.4 Å². The summed E-state index contributed by atoms with van der Waals surface area (Å²) in [6.45, 7) is 2.02. The minimum absolute atomic E-state index is 0.0173. The average molecular weight is 434 g/mol. The number of rotatable bonds is 6. The fraction of sp³-hybridized carbons (Fsp3) is 0.417. The van der Waals surface area contributed by atoms with Crippen molar-refractivity contribution in [3.05, 3.63) is 69.6 Å². The number of carbonyl (C=O) groups excluding carboxylic acids is 3. The molecule has 1 unspecified atom stereocenters. The summed E-state index contributed by atoms with van der Waals surface area (Å²) < 4.78 is 0. The highest BCUT2D eigenvalue weighted by Gasteiger charge is 2.55. The minimum Gasteiger partial charge on any atom is -0.334 e. The number of hydrogen-bond acceptors (Lipinski definition) is 4. The molecule has 0 radical (unpaired) electrons. The summed E-state index contributed by atoms with van der Waals surface area (Å²) >= 11 is 0. The summed E-state index contributed by atoms with van der Waals surface area (Å²) in [6.07, 6.45) is 4.92. The maximum atomic E-state index is 13.4. The van der Waals surface area contributed by atoms with E-state index in [2.05, 4.69) is 10.3 Å². The van der Waals surface area contributed by atoms with Crippen LogP contribution in [0.15, 0.2) is 47.4 Å². The number of hydrogen-bond donors (Lipinski definition) is 2. The van der Waals surface area contributed by atoms with E-state index in [4.69, 9.17) is 0 Å². The number of pyridine rings is 1. The number of imide groups is 1. The van der Waals surface area contributed by atoms with Crippen LogP contribution in [-0.4, -0.2) is 45.2 Å². The van der Waals surface area contributed by atoms with Gasteiger partial charge in [0.05, 0.1) is 0 Å². The number of nitrogens with zero attached hydrogens (tertiary/aromatic N) is 2. The number of benzene rings is 1. The Balaban J connectivity index is 1.37. The summed E-state index contributed by atoms with van der Waals surface area (Å²) in [6, 6.07) is 10.2. The van der Waals surface area contributed by atoms with E-state index in [1.807, 2.05) is 31.2 Å². The summed E-state index contributed by atoms with van der Waals surface area (Å²) in [5.74, 6) is -0.218. The number of fused-ring (bicyclic) bond motifs is 2. The molecule has 3 aliphatic rings. The van der Waals surface area contributed by atoms with E-state index in [-0.39, 0.29) is 30.0 Å². The van der Waals surface area contributed by atoms with Crippen LogP contribution in [0.25, 0.3) is 0 Å². The second-order valence-corrected chi connectivity index (χ2v) is 9.04. The van der Waals surface area contributed by atoms with E-state index >= 15 is 0 Å². The van der Waals surface area contributed by atoms with Crippen LogP contribution in [-0.2, 0) is 28.1 Å². The molecule has 8 nitrogen and oxygen atoms in total. The normalized spacial score (nSPS) is 22.7. The van der Waals surface area contributed by atoms with Gasteiger partial charge in [0, 0.05) is 24.8 Å². The fourth-order valence-corrected chi connectivity index (χ4v) is 4.99. The van der Waals surface area contributed by atoms with E-state index in [1.54, 1.807) is 17.2 Å². The Morgan fingerprint density at radius 3 is 2.69 bits per heavy atom. The van der Waals surface area contributed by atoms with Crippen molar-refractivity contribution in [1.82, 2.24) is 20.1 Å². The summed E-state index contributed by atoms with van der Waals surface area (Å²) in [7, 11) is 0. The van der Waals surface area contributed by atoms with Crippen LogP contribution in [0.3, 0.4) is 0 Å². The Labute approximate surface area is 185 Å². The molecule has 166 valence electrons. The van der Waals surface area contributed by atoms with E-state index < -0.39 is 11.6 Å². The van der Waals surface area contributed by atoms with Crippen molar-refractivity contribution in [3.8, 4) is 0 Å². The van der Waals surface area contributed by atoms with E-state index in [9.17, 15) is 19.2 Å². The number of urea groups is 1. The zero-order chi connectivity index (χ0) is 22.5. The maximum absolute atomic E-state index is 13.4. The summed E-state index contributed by atoms with van der Waals surface area (Å²) in [5.41, 5.74) is 1.40. The van der Waals surface area contributed by atoms with Crippen LogP contribution in [0.5, 0.6) is 0 Å². The highest BCUT2D eigenvalue weighted by atomic mass is 16.2. The highest BCUT2D eigenvalue weighted by molar-refractivity contribution is 6.09. The van der Waals surface area contributed by atoms with Gasteiger partial charge in [-0.2, -0.15) is 0 Å². The van der Waals surface area contributed by atoms with E-state index in [1.165, 1.54) is 6.07 Å². The molecule has 1 saturated heterocycles. The Kier molecular flexibility index (Phi) is 4.87. The number of aromatic amines is 1. The predicted octanol–water partition coefficient (Wildman–Crippen LogP) is 1.90. The molecule has 8 heteroatoms. The van der Waals surface area contributed by atoms with Gasteiger partial charge in [-0.15, -0.1) is 0 Å². The lowest BCUT2D eigenvalue weighted by Gasteiger charge is -2.31. The monoisotopic (exact) mass is 434 g/mol. The van der Waals surface area contributed by atoms with Gasteiger partial charge in [0.2, 0.25) is 11.5 Å². The van der Waals surface area contributed by atoms with Crippen LogP contribution in [0, 0.1) is 5.92 Å². The standard InChI is InChI=1S/C24H26N4O4/c1-15(17-7-8-17)27(13-16-6-9-20(29)25-12-16)21(30)14-28-22(31)24(26-23(28)32)11-10-18-4-2-3-5-19(18)24/h2-6,9,12,15,17H,7-8,10-11,13-14H2,1H3,(H,25,29)(H,26,32)/t15-,24?/m0/s1. The van der Waals surface area contributed by atoms with Crippen molar-refractivity contribution in [2.45, 2.75) is 50.7 Å². The third-order valence-electron chi connectivity index (χ3n) is 7.03. The van der Waals surface area contributed by atoms with Gasteiger partial charge in [-0.3, -0.25) is 19.3 Å². The molecule has 2 aromatic rings. The lowest BCUT2D eigenvalue weighted by atomic mass is 9.92. The average Bonchev–Trinajstić information content (AvgIpc) is 3.54. The van der Waals surface area contributed by atoms with Crippen molar-refractivity contribution >= 4 is 17.8 Å². The Hall–Kier alpha value is -3.42. The molecule has 4 amide bonds. The van der Waals surface area contributed by atoms with E-state index in [0.29, 0.717) is 25.3 Å². The largest absolute Gasteiger partial charge is 0.334 e. The molecule has 2 N–H and O–H groups in total. The molecule has 32 heavy (non-hydrogen) atoms. The molecule has 2 fully saturated rings. The van der Waals surface area contributed by atoms with Gasteiger partial charge in [0.1, 0.15) is 12.1 Å². The molecule has 1 saturated carbocycles. The zero-order valence-corrected chi connectivity index (χ0v) is 18.0. The Bertz CT molecular complexity index is 1130. The topological polar surface area (TPSA) is 103 Å². The molecule has 1 aromatic heterocycles. The number of nitrogens with one attached hydrogen (secondary N) is 2. The van der Waals surface area contributed by atoms with Crippen molar-refractivity contribution in [3.63, 3.8) is 0 Å². The van der Waals surface area contributed by atoms with Crippen LogP contribution in [0.1, 0.15) is 42.9 Å². The third-order valence-corrected chi connectivity index (χ3v) is 7.03. The van der Waals surface area contributed by atoms with Crippen LogP contribution in [0.2, 0.25) is 0 Å². The van der Waals surface area contributed by atoms with Crippen LogP contribution < -0.4 is 10.9 Å². The lowest BCUT2D eigenvalue weighted by Crippen LogP contribution is -2.47. The quantitative estimate of drug-likeness (QED) is 0.678. The molecule has 1 aliphatic heterocycles. The summed E-state index contributed by atoms with van der Waals surface area (Å²) in [5, 5.41) is 2.88. The van der Waals surface area contributed by atoms with Crippen molar-refractivity contribution in [1.29, 1.82) is 0 Å². The Morgan fingerprint density at radius 1 is 1.19 bits per heavy atom. The van der Waals surface area contributed by atoms with Gasteiger partial charge in [-0.05, 0) is 55.2 Å². The number of aromatic nitrogens is 1. The predicted molar refractivity (Wildman–Crippen MR) is 116 cm³/mol. The molecular weight excluding hydrogens is 408 g/mol. The van der Waals surface area contributed by atoms with Crippen LogP contribution in [0.4, 0.5) is 4.79 Å². The SMILES string of the molecule is C[C@@H](C1CC1)N(Cc1ccc(=O)[nH]c1)C(=O)CN1C(=O)NC2(CCc3ccccc32)C1=O. The van der Waals surface area contributed by atoms with Gasteiger partial charge in [0.25, 0.3) is 5.91 Å². The first-order valence-electron chi connectivity index (χ1n) is 11.1. The number of H-pyrrole nitrogens is 1. The maximum Gasteiger partial charge on any atom is 0.325 e. The van der Waals surface area contributed by atoms with Crippen molar-refractivity contribution in [2.75, 3.05) is 6.54 Å². The Morgan fingerprint density at radius 2 is 1.97 bits per heavy atom. The van der Waals surface area contributed by atoms with E-state index in [0.717, 1.165) is 34.4 Å².